The van der Waals surface area contributed by atoms with E-state index in [0.29, 0.717) is 23.2 Å². The molecule has 0 heterocycles. The molecule has 1 amide bonds. The number of nitrogens with zero attached hydrogens (tertiary/aromatic N) is 1. The zero-order valence-electron chi connectivity index (χ0n) is 19.0. The topological polar surface area (TPSA) is 92.8 Å². The third-order valence-corrected chi connectivity index (χ3v) is 7.16. The van der Waals surface area contributed by atoms with Gasteiger partial charge in [0.25, 0.3) is 5.91 Å². The van der Waals surface area contributed by atoms with Gasteiger partial charge in [0.1, 0.15) is 5.75 Å². The maximum Gasteiger partial charge on any atom is 0.343 e. The number of esters is 1. The Kier molecular flexibility index (Phi) is 7.30. The fourth-order valence-corrected chi connectivity index (χ4v) is 4.37. The van der Waals surface area contributed by atoms with Crippen LogP contribution in [-0.4, -0.2) is 38.7 Å². The molecule has 1 N–H and O–H groups in total. The predicted octanol–water partition coefficient (Wildman–Crippen LogP) is 3.70. The molecule has 0 spiro atoms. The molecule has 0 aliphatic heterocycles. The van der Waals surface area contributed by atoms with E-state index in [4.69, 9.17) is 4.74 Å². The Balaban J connectivity index is 1.78. The molecule has 0 saturated heterocycles. The third-order valence-electron chi connectivity index (χ3n) is 5.22. The van der Waals surface area contributed by atoms with Crippen LogP contribution in [0.5, 0.6) is 5.75 Å². The molecular formula is C25H26N2O5S. The van der Waals surface area contributed by atoms with E-state index in [2.05, 4.69) is 5.32 Å². The van der Waals surface area contributed by atoms with Gasteiger partial charge in [0, 0.05) is 26.2 Å². The first-order valence-corrected chi connectivity index (χ1v) is 11.7. The molecule has 3 aromatic carbocycles. The van der Waals surface area contributed by atoms with Gasteiger partial charge >= 0.3 is 5.97 Å². The molecule has 0 saturated carbocycles. The van der Waals surface area contributed by atoms with Crippen LogP contribution in [-0.2, 0) is 16.6 Å². The number of benzene rings is 3. The summed E-state index contributed by atoms with van der Waals surface area (Å²) in [6.07, 6.45) is 0. The summed E-state index contributed by atoms with van der Waals surface area (Å²) < 4.78 is 31.9. The van der Waals surface area contributed by atoms with Crippen molar-refractivity contribution >= 4 is 21.9 Å². The number of nitrogens with one attached hydrogen (secondary N) is 1. The Labute approximate surface area is 194 Å². The third kappa shape index (κ3) is 5.66. The molecule has 0 bridgehead atoms. The Morgan fingerprint density at radius 1 is 0.909 bits per heavy atom. The van der Waals surface area contributed by atoms with Gasteiger partial charge in [0.05, 0.1) is 10.5 Å². The van der Waals surface area contributed by atoms with E-state index in [9.17, 15) is 18.0 Å². The smallest absolute Gasteiger partial charge is 0.343 e. The van der Waals surface area contributed by atoms with Crippen LogP contribution in [0, 0.1) is 13.8 Å². The molecular weight excluding hydrogens is 440 g/mol. The van der Waals surface area contributed by atoms with Crippen LogP contribution >= 0.6 is 0 Å². The summed E-state index contributed by atoms with van der Waals surface area (Å²) >= 11 is 0. The van der Waals surface area contributed by atoms with Crippen molar-refractivity contribution in [1.29, 1.82) is 0 Å². The lowest BCUT2D eigenvalue weighted by Gasteiger charge is -2.16. The molecule has 172 valence electrons. The summed E-state index contributed by atoms with van der Waals surface area (Å²) in [7, 11) is -0.866. The fraction of sp³-hybridized carbons (Fsp3) is 0.200. The lowest BCUT2D eigenvalue weighted by molar-refractivity contribution is 0.0733. The van der Waals surface area contributed by atoms with E-state index in [1.807, 2.05) is 30.3 Å². The van der Waals surface area contributed by atoms with Gasteiger partial charge in [0.2, 0.25) is 10.0 Å². The summed E-state index contributed by atoms with van der Waals surface area (Å²) in [5.41, 5.74) is 2.63. The van der Waals surface area contributed by atoms with Crippen LogP contribution in [0.15, 0.2) is 71.6 Å². The fourth-order valence-electron chi connectivity index (χ4n) is 3.16. The molecule has 0 radical (unpaired) electrons. The zero-order valence-corrected chi connectivity index (χ0v) is 19.8. The highest BCUT2D eigenvalue weighted by Gasteiger charge is 2.23. The first kappa shape index (κ1) is 24.2. The average molecular weight is 467 g/mol. The van der Waals surface area contributed by atoms with Crippen molar-refractivity contribution in [2.75, 3.05) is 14.1 Å². The molecule has 3 rings (SSSR count). The van der Waals surface area contributed by atoms with Gasteiger partial charge in [-0.15, -0.1) is 0 Å². The second-order valence-electron chi connectivity index (χ2n) is 7.79. The maximum atomic E-state index is 12.8. The second-order valence-corrected chi connectivity index (χ2v) is 9.91. The first-order chi connectivity index (χ1) is 15.6. The normalized spacial score (nSPS) is 11.3. The minimum atomic E-state index is -3.73. The van der Waals surface area contributed by atoms with Crippen molar-refractivity contribution in [2.24, 2.45) is 0 Å². The summed E-state index contributed by atoms with van der Waals surface area (Å²) in [4.78, 5) is 25.3. The van der Waals surface area contributed by atoms with Gasteiger partial charge in [-0.3, -0.25) is 4.79 Å². The van der Waals surface area contributed by atoms with E-state index in [1.165, 1.54) is 26.2 Å². The molecule has 0 atom stereocenters. The number of carbonyl (C=O) groups is 2. The number of carbonyl (C=O) groups excluding carboxylic acids is 2. The SMILES string of the molecule is Cc1cc(C(=O)Oc2cccc(C(=O)NCc3ccccc3)c2)cc(S(=O)(=O)N(C)C)c1C. The number of amides is 1. The van der Waals surface area contributed by atoms with Crippen LogP contribution in [0.2, 0.25) is 0 Å². The van der Waals surface area contributed by atoms with E-state index >= 15 is 0 Å². The van der Waals surface area contributed by atoms with Crippen LogP contribution in [0.1, 0.15) is 37.4 Å². The molecule has 8 heteroatoms. The number of sulfonamides is 1. The monoisotopic (exact) mass is 466 g/mol. The Hall–Kier alpha value is -3.49. The Morgan fingerprint density at radius 2 is 1.61 bits per heavy atom. The van der Waals surface area contributed by atoms with Crippen molar-refractivity contribution in [1.82, 2.24) is 9.62 Å². The predicted molar refractivity (Wildman–Crippen MR) is 126 cm³/mol. The van der Waals surface area contributed by atoms with Gasteiger partial charge in [-0.25, -0.2) is 17.5 Å². The number of ether oxygens (including phenoxy) is 1. The molecule has 0 unspecified atom stereocenters. The molecule has 0 aliphatic rings. The van der Waals surface area contributed by atoms with E-state index in [-0.39, 0.29) is 22.1 Å². The van der Waals surface area contributed by atoms with Crippen molar-refractivity contribution in [3.8, 4) is 5.75 Å². The van der Waals surface area contributed by atoms with Gasteiger partial charge < -0.3 is 10.1 Å². The second kappa shape index (κ2) is 9.97. The van der Waals surface area contributed by atoms with Gasteiger partial charge in [-0.2, -0.15) is 0 Å². The number of hydrogen-bond acceptors (Lipinski definition) is 5. The molecule has 3 aromatic rings. The minimum Gasteiger partial charge on any atom is -0.423 e. The molecule has 0 fully saturated rings. The average Bonchev–Trinajstić information content (AvgIpc) is 2.79. The highest BCUT2D eigenvalue weighted by molar-refractivity contribution is 7.89. The molecule has 7 nitrogen and oxygen atoms in total. The van der Waals surface area contributed by atoms with Crippen molar-refractivity contribution in [2.45, 2.75) is 25.3 Å². The highest BCUT2D eigenvalue weighted by atomic mass is 32.2. The maximum absolute atomic E-state index is 12.8. The number of hydrogen-bond donors (Lipinski definition) is 1. The van der Waals surface area contributed by atoms with Crippen LogP contribution in [0.3, 0.4) is 0 Å². The van der Waals surface area contributed by atoms with Gasteiger partial charge in [-0.05, 0) is 60.9 Å². The standard InChI is InChI=1S/C25H26N2O5S/c1-17-13-21(15-23(18(17)2)33(30,31)27(3)4)25(29)32-22-12-8-11-20(14-22)24(28)26-16-19-9-6-5-7-10-19/h5-15H,16H2,1-4H3,(H,26,28). The van der Waals surface area contributed by atoms with Gasteiger partial charge in [-0.1, -0.05) is 36.4 Å². The summed E-state index contributed by atoms with van der Waals surface area (Å²) in [5, 5.41) is 2.83. The lowest BCUT2D eigenvalue weighted by Crippen LogP contribution is -2.24. The number of rotatable bonds is 7. The number of aryl methyl sites for hydroxylation is 1. The summed E-state index contributed by atoms with van der Waals surface area (Å²) in [6.45, 7) is 3.80. The molecule has 0 aliphatic carbocycles. The summed E-state index contributed by atoms with van der Waals surface area (Å²) in [6, 6.07) is 18.7. The van der Waals surface area contributed by atoms with Crippen molar-refractivity contribution in [3.63, 3.8) is 0 Å². The minimum absolute atomic E-state index is 0.0495. The zero-order chi connectivity index (χ0) is 24.2. The Morgan fingerprint density at radius 3 is 2.27 bits per heavy atom. The van der Waals surface area contributed by atoms with Crippen molar-refractivity contribution in [3.05, 3.63) is 94.5 Å². The van der Waals surface area contributed by atoms with Crippen LogP contribution in [0.4, 0.5) is 0 Å². The van der Waals surface area contributed by atoms with Gasteiger partial charge in [0.15, 0.2) is 0 Å². The highest BCUT2D eigenvalue weighted by Crippen LogP contribution is 2.24. The van der Waals surface area contributed by atoms with Crippen LogP contribution in [0.25, 0.3) is 0 Å². The quantitative estimate of drug-likeness (QED) is 0.423. The lowest BCUT2D eigenvalue weighted by atomic mass is 10.1. The molecule has 0 aromatic heterocycles. The van der Waals surface area contributed by atoms with Crippen molar-refractivity contribution < 1.29 is 22.7 Å². The summed E-state index contributed by atoms with van der Waals surface area (Å²) in [5.74, 6) is -0.833. The molecule has 33 heavy (non-hydrogen) atoms. The van der Waals surface area contributed by atoms with E-state index in [1.54, 1.807) is 38.1 Å². The Bertz CT molecular complexity index is 1290. The largest absolute Gasteiger partial charge is 0.423 e. The first-order valence-electron chi connectivity index (χ1n) is 10.3. The van der Waals surface area contributed by atoms with E-state index in [0.717, 1.165) is 9.87 Å². The van der Waals surface area contributed by atoms with Crippen LogP contribution < -0.4 is 10.1 Å². The van der Waals surface area contributed by atoms with E-state index < -0.39 is 16.0 Å².